The van der Waals surface area contributed by atoms with Crippen LogP contribution in [0.4, 0.5) is 0 Å². The van der Waals surface area contributed by atoms with Crippen LogP contribution in [0.25, 0.3) is 0 Å². The maximum atomic E-state index is 11.5. The number of ether oxygens (including phenoxy) is 1. The number of carbonyl (C=O) groups excluding carboxylic acids is 1. The van der Waals surface area contributed by atoms with E-state index in [9.17, 15) is 4.79 Å². The first-order chi connectivity index (χ1) is 10.0. The van der Waals surface area contributed by atoms with Gasteiger partial charge >= 0.3 is 0 Å². The van der Waals surface area contributed by atoms with Gasteiger partial charge < -0.3 is 10.1 Å². The number of amides is 1. The molecule has 1 spiro atoms. The molecule has 0 radical (unpaired) electrons. The fourth-order valence-electron chi connectivity index (χ4n) is 3.97. The Morgan fingerprint density at radius 3 is 2.67 bits per heavy atom. The predicted molar refractivity (Wildman–Crippen MR) is 85.2 cm³/mol. The van der Waals surface area contributed by atoms with Crippen molar-refractivity contribution in [3.63, 3.8) is 0 Å². The van der Waals surface area contributed by atoms with Gasteiger partial charge in [-0.15, -0.1) is 0 Å². The zero-order chi connectivity index (χ0) is 15.3. The summed E-state index contributed by atoms with van der Waals surface area (Å²) in [5.41, 5.74) is 0.571. The largest absolute Gasteiger partial charge is 0.379 e. The molecule has 122 valence electrons. The van der Waals surface area contributed by atoms with Crippen molar-refractivity contribution in [2.75, 3.05) is 33.3 Å². The minimum atomic E-state index is 0.140. The molecule has 1 heterocycles. The minimum Gasteiger partial charge on any atom is -0.379 e. The molecule has 0 aromatic carbocycles. The molecule has 1 aliphatic heterocycles. The molecule has 0 bridgehead atoms. The fraction of sp³-hybridized carbons (Fsp3) is 0.941. The van der Waals surface area contributed by atoms with Crippen LogP contribution < -0.4 is 5.32 Å². The summed E-state index contributed by atoms with van der Waals surface area (Å²) in [5.74, 6) is 0.996. The van der Waals surface area contributed by atoms with Crippen LogP contribution in [0.1, 0.15) is 52.4 Å². The molecular formula is C17H32N2O2. The molecule has 1 N–H and O–H groups in total. The second kappa shape index (κ2) is 7.59. The quantitative estimate of drug-likeness (QED) is 0.818. The van der Waals surface area contributed by atoms with Crippen LogP contribution in [0, 0.1) is 11.3 Å². The summed E-state index contributed by atoms with van der Waals surface area (Å²) < 4.78 is 5.70. The number of carbonyl (C=O) groups is 1. The molecule has 4 nitrogen and oxygen atoms in total. The number of piperidine rings is 1. The van der Waals surface area contributed by atoms with Gasteiger partial charge in [0.15, 0.2) is 0 Å². The van der Waals surface area contributed by atoms with E-state index in [-0.39, 0.29) is 5.91 Å². The lowest BCUT2D eigenvalue weighted by Crippen LogP contribution is -2.43. The highest BCUT2D eigenvalue weighted by Gasteiger charge is 2.41. The Morgan fingerprint density at radius 1 is 1.33 bits per heavy atom. The van der Waals surface area contributed by atoms with Crippen LogP contribution in [0.5, 0.6) is 0 Å². The molecule has 1 saturated heterocycles. The van der Waals surface area contributed by atoms with E-state index in [1.54, 1.807) is 7.05 Å². The molecule has 2 fully saturated rings. The topological polar surface area (TPSA) is 41.6 Å². The summed E-state index contributed by atoms with van der Waals surface area (Å²) in [5, 5.41) is 2.72. The van der Waals surface area contributed by atoms with Crippen LogP contribution in [-0.4, -0.2) is 50.2 Å². The van der Waals surface area contributed by atoms with Gasteiger partial charge in [0.25, 0.3) is 0 Å². The van der Waals surface area contributed by atoms with E-state index >= 15 is 0 Å². The van der Waals surface area contributed by atoms with Gasteiger partial charge in [0, 0.05) is 13.7 Å². The van der Waals surface area contributed by atoms with Crippen molar-refractivity contribution >= 4 is 5.91 Å². The van der Waals surface area contributed by atoms with Gasteiger partial charge in [0.2, 0.25) is 5.91 Å². The highest BCUT2D eigenvalue weighted by Crippen LogP contribution is 2.49. The SMILES string of the molecule is CNC(=O)CN1CCC2(CC[C@H](CCOC(C)C)C2)CC1. The van der Waals surface area contributed by atoms with Crippen molar-refractivity contribution in [1.82, 2.24) is 10.2 Å². The molecule has 4 heteroatoms. The van der Waals surface area contributed by atoms with Crippen molar-refractivity contribution in [1.29, 1.82) is 0 Å². The Hall–Kier alpha value is -0.610. The lowest BCUT2D eigenvalue weighted by molar-refractivity contribution is -0.122. The van der Waals surface area contributed by atoms with E-state index in [0.29, 0.717) is 18.1 Å². The van der Waals surface area contributed by atoms with Gasteiger partial charge in [0.1, 0.15) is 0 Å². The molecule has 0 aromatic rings. The van der Waals surface area contributed by atoms with Crippen molar-refractivity contribution in [2.24, 2.45) is 11.3 Å². The van der Waals surface area contributed by atoms with Crippen LogP contribution in [0.3, 0.4) is 0 Å². The summed E-state index contributed by atoms with van der Waals surface area (Å²) >= 11 is 0. The van der Waals surface area contributed by atoms with Crippen LogP contribution in [0.15, 0.2) is 0 Å². The number of nitrogens with zero attached hydrogens (tertiary/aromatic N) is 1. The number of hydrogen-bond acceptors (Lipinski definition) is 3. The van der Waals surface area contributed by atoms with E-state index < -0.39 is 0 Å². The molecule has 21 heavy (non-hydrogen) atoms. The lowest BCUT2D eigenvalue weighted by Gasteiger charge is -2.39. The molecule has 1 atom stereocenters. The maximum Gasteiger partial charge on any atom is 0.233 e. The predicted octanol–water partition coefficient (Wildman–Crippen LogP) is 2.43. The highest BCUT2D eigenvalue weighted by atomic mass is 16.5. The summed E-state index contributed by atoms with van der Waals surface area (Å²) in [6, 6.07) is 0. The highest BCUT2D eigenvalue weighted by molar-refractivity contribution is 5.77. The van der Waals surface area contributed by atoms with E-state index in [2.05, 4.69) is 24.1 Å². The summed E-state index contributed by atoms with van der Waals surface area (Å²) in [4.78, 5) is 13.8. The first kappa shape index (κ1) is 16.8. The Labute approximate surface area is 129 Å². The zero-order valence-electron chi connectivity index (χ0n) is 14.0. The number of likely N-dealkylation sites (N-methyl/N-ethyl adjacent to an activating group) is 1. The first-order valence-corrected chi connectivity index (χ1v) is 8.57. The van der Waals surface area contributed by atoms with E-state index in [4.69, 9.17) is 4.74 Å². The number of likely N-dealkylation sites (tertiary alicyclic amines) is 1. The van der Waals surface area contributed by atoms with Gasteiger partial charge in [-0.1, -0.05) is 0 Å². The van der Waals surface area contributed by atoms with Crippen LogP contribution in [0.2, 0.25) is 0 Å². The van der Waals surface area contributed by atoms with Gasteiger partial charge in [-0.25, -0.2) is 0 Å². The number of nitrogens with one attached hydrogen (secondary N) is 1. The van der Waals surface area contributed by atoms with E-state index in [1.807, 2.05) is 0 Å². The number of hydrogen-bond donors (Lipinski definition) is 1. The average molecular weight is 296 g/mol. The molecule has 1 amide bonds. The monoisotopic (exact) mass is 296 g/mol. The second-order valence-electron chi connectivity index (χ2n) is 7.27. The van der Waals surface area contributed by atoms with Crippen molar-refractivity contribution in [3.8, 4) is 0 Å². The van der Waals surface area contributed by atoms with Crippen molar-refractivity contribution in [2.45, 2.75) is 58.5 Å². The maximum absolute atomic E-state index is 11.5. The number of rotatable bonds is 6. The van der Waals surface area contributed by atoms with Crippen LogP contribution >= 0.6 is 0 Å². The Morgan fingerprint density at radius 2 is 2.05 bits per heavy atom. The third-order valence-electron chi connectivity index (χ3n) is 5.34. The Balaban J connectivity index is 1.70. The van der Waals surface area contributed by atoms with E-state index in [1.165, 1.54) is 38.5 Å². The summed E-state index contributed by atoms with van der Waals surface area (Å²) in [7, 11) is 1.72. The fourth-order valence-corrected chi connectivity index (χ4v) is 3.97. The van der Waals surface area contributed by atoms with Gasteiger partial charge in [-0.3, -0.25) is 9.69 Å². The lowest BCUT2D eigenvalue weighted by atomic mass is 9.76. The summed E-state index contributed by atoms with van der Waals surface area (Å²) in [6.07, 6.45) is 8.25. The van der Waals surface area contributed by atoms with Crippen LogP contribution in [-0.2, 0) is 9.53 Å². The first-order valence-electron chi connectivity index (χ1n) is 8.57. The molecule has 1 aliphatic carbocycles. The van der Waals surface area contributed by atoms with E-state index in [0.717, 1.165) is 25.6 Å². The minimum absolute atomic E-state index is 0.140. The second-order valence-corrected chi connectivity index (χ2v) is 7.27. The molecular weight excluding hydrogens is 264 g/mol. The third kappa shape index (κ3) is 4.96. The van der Waals surface area contributed by atoms with Crippen molar-refractivity contribution in [3.05, 3.63) is 0 Å². The molecule has 1 saturated carbocycles. The standard InChI is InChI=1S/C17H32N2O2/c1-14(2)21-11-5-15-4-6-17(12-15)7-9-19(10-8-17)13-16(20)18-3/h14-15H,4-13H2,1-3H3,(H,18,20)/t15-/m1/s1. The smallest absolute Gasteiger partial charge is 0.233 e. The molecule has 2 aliphatic rings. The summed E-state index contributed by atoms with van der Waals surface area (Å²) in [6.45, 7) is 7.88. The van der Waals surface area contributed by atoms with Gasteiger partial charge in [-0.05, 0) is 76.8 Å². The molecule has 0 aromatic heterocycles. The Bertz CT molecular complexity index is 336. The molecule has 2 rings (SSSR count). The van der Waals surface area contributed by atoms with Gasteiger partial charge in [-0.2, -0.15) is 0 Å². The van der Waals surface area contributed by atoms with Crippen molar-refractivity contribution < 1.29 is 9.53 Å². The normalized spacial score (nSPS) is 25.6. The zero-order valence-corrected chi connectivity index (χ0v) is 14.0. The third-order valence-corrected chi connectivity index (χ3v) is 5.34. The average Bonchev–Trinajstić information content (AvgIpc) is 2.84. The Kier molecular flexibility index (Phi) is 6.06. The van der Waals surface area contributed by atoms with Gasteiger partial charge in [0.05, 0.1) is 12.6 Å². The molecule has 0 unspecified atom stereocenters.